The summed E-state index contributed by atoms with van der Waals surface area (Å²) in [6.45, 7) is 2.60. The molecule has 0 radical (unpaired) electrons. The number of benzene rings is 2. The molecule has 20 heavy (non-hydrogen) atoms. The Labute approximate surface area is 121 Å². The van der Waals surface area contributed by atoms with Gasteiger partial charge in [-0.05, 0) is 36.8 Å². The van der Waals surface area contributed by atoms with Crippen LogP contribution in [0.1, 0.15) is 21.7 Å². The largest absolute Gasteiger partial charge is 0.324 e. The Hall–Kier alpha value is -2.13. The first-order valence-electron chi connectivity index (χ1n) is 6.34. The molecule has 100 valence electrons. The van der Waals surface area contributed by atoms with Gasteiger partial charge in [-0.3, -0.25) is 4.79 Å². The molecule has 1 heterocycles. The molecule has 0 bridgehead atoms. The molecule has 0 N–H and O–H groups in total. The minimum absolute atomic E-state index is 0.643. The van der Waals surface area contributed by atoms with E-state index in [2.05, 4.69) is 9.55 Å². The molecule has 0 saturated carbocycles. The molecule has 0 aliphatic carbocycles. The van der Waals surface area contributed by atoms with E-state index in [0.29, 0.717) is 12.1 Å². The Bertz CT molecular complexity index is 792. The number of hydrogen-bond donors (Lipinski definition) is 0. The molecule has 0 fully saturated rings. The highest BCUT2D eigenvalue weighted by atomic mass is 35.5. The monoisotopic (exact) mass is 284 g/mol. The summed E-state index contributed by atoms with van der Waals surface area (Å²) in [5.41, 5.74) is 3.53. The lowest BCUT2D eigenvalue weighted by atomic mass is 10.2. The van der Waals surface area contributed by atoms with Gasteiger partial charge in [0.1, 0.15) is 12.1 Å². The first-order valence-corrected chi connectivity index (χ1v) is 6.72. The Kier molecular flexibility index (Phi) is 3.28. The highest BCUT2D eigenvalue weighted by Gasteiger charge is 2.10. The number of nitrogens with zero attached hydrogens (tertiary/aromatic N) is 2. The fourth-order valence-electron chi connectivity index (χ4n) is 2.33. The summed E-state index contributed by atoms with van der Waals surface area (Å²) in [5, 5.41) is 0.736. The van der Waals surface area contributed by atoms with Gasteiger partial charge < -0.3 is 4.57 Å². The van der Waals surface area contributed by atoms with Crippen molar-refractivity contribution >= 4 is 28.9 Å². The quantitative estimate of drug-likeness (QED) is 0.685. The van der Waals surface area contributed by atoms with Crippen LogP contribution >= 0.6 is 11.6 Å². The second-order valence-electron chi connectivity index (χ2n) is 4.70. The van der Waals surface area contributed by atoms with E-state index in [1.807, 2.05) is 43.3 Å². The van der Waals surface area contributed by atoms with Crippen molar-refractivity contribution in [1.29, 1.82) is 0 Å². The topological polar surface area (TPSA) is 34.9 Å². The molecule has 0 atom stereocenters. The van der Waals surface area contributed by atoms with Crippen molar-refractivity contribution in [3.63, 3.8) is 0 Å². The third-order valence-electron chi connectivity index (χ3n) is 3.39. The number of aromatic nitrogens is 2. The number of aryl methyl sites for hydroxylation is 1. The molecule has 4 heteroatoms. The van der Waals surface area contributed by atoms with Gasteiger partial charge in [0.2, 0.25) is 0 Å². The summed E-state index contributed by atoms with van der Waals surface area (Å²) < 4.78 is 2.07. The maximum absolute atomic E-state index is 10.9. The van der Waals surface area contributed by atoms with Crippen LogP contribution in [0.3, 0.4) is 0 Å². The van der Waals surface area contributed by atoms with Gasteiger partial charge in [0.25, 0.3) is 0 Å². The van der Waals surface area contributed by atoms with Gasteiger partial charge in [0.05, 0.1) is 17.6 Å². The minimum atomic E-state index is 0.643. The fraction of sp³-hybridized carbons (Fsp3) is 0.125. The van der Waals surface area contributed by atoms with Gasteiger partial charge in [-0.25, -0.2) is 4.98 Å². The number of carbonyl (C=O) groups excluding carboxylic acids is 1. The molecule has 3 nitrogen and oxygen atoms in total. The number of carbonyl (C=O) groups is 1. The molecule has 3 aromatic rings. The number of imidazole rings is 1. The van der Waals surface area contributed by atoms with Crippen LogP contribution in [0.25, 0.3) is 11.0 Å². The molecule has 2 aromatic carbocycles. The van der Waals surface area contributed by atoms with Crippen LogP contribution in [0, 0.1) is 6.92 Å². The van der Waals surface area contributed by atoms with Crippen molar-refractivity contribution in [2.45, 2.75) is 13.5 Å². The second-order valence-corrected chi connectivity index (χ2v) is 5.11. The van der Waals surface area contributed by atoms with Crippen LogP contribution in [0.2, 0.25) is 5.02 Å². The van der Waals surface area contributed by atoms with Crippen molar-refractivity contribution in [3.8, 4) is 0 Å². The number of aldehydes is 1. The van der Waals surface area contributed by atoms with Crippen molar-refractivity contribution in [1.82, 2.24) is 9.55 Å². The molecule has 0 unspecified atom stereocenters. The van der Waals surface area contributed by atoms with Crippen LogP contribution < -0.4 is 0 Å². The first-order chi connectivity index (χ1) is 9.69. The number of halogens is 1. The van der Waals surface area contributed by atoms with E-state index in [1.165, 1.54) is 0 Å². The summed E-state index contributed by atoms with van der Waals surface area (Å²) in [4.78, 5) is 15.4. The van der Waals surface area contributed by atoms with Crippen LogP contribution in [0.4, 0.5) is 0 Å². The Balaban J connectivity index is 2.13. The summed E-state index contributed by atoms with van der Waals surface area (Å²) in [5.74, 6) is 0.906. The lowest BCUT2D eigenvalue weighted by Crippen LogP contribution is -2.02. The third-order valence-corrected chi connectivity index (χ3v) is 3.75. The highest BCUT2D eigenvalue weighted by molar-refractivity contribution is 6.31. The molecule has 0 saturated heterocycles. The van der Waals surface area contributed by atoms with E-state index < -0.39 is 0 Å². The lowest BCUT2D eigenvalue weighted by Gasteiger charge is -2.08. The average molecular weight is 285 g/mol. The van der Waals surface area contributed by atoms with Gasteiger partial charge in [-0.15, -0.1) is 0 Å². The summed E-state index contributed by atoms with van der Waals surface area (Å²) >= 11 is 6.21. The molecule has 1 aromatic heterocycles. The van der Waals surface area contributed by atoms with Crippen LogP contribution in [0.15, 0.2) is 42.5 Å². The Morgan fingerprint density at radius 3 is 2.80 bits per heavy atom. The average Bonchev–Trinajstić information content (AvgIpc) is 2.77. The summed E-state index contributed by atoms with van der Waals surface area (Å²) in [7, 11) is 0. The van der Waals surface area contributed by atoms with Crippen LogP contribution in [-0.2, 0) is 6.54 Å². The zero-order valence-corrected chi connectivity index (χ0v) is 11.8. The van der Waals surface area contributed by atoms with E-state index in [0.717, 1.165) is 33.7 Å². The fourth-order valence-corrected chi connectivity index (χ4v) is 2.53. The SMILES string of the molecule is Cc1nc2ccc(C=O)cc2n1Cc1ccccc1Cl. The first kappa shape index (κ1) is 12.9. The maximum atomic E-state index is 10.9. The lowest BCUT2D eigenvalue weighted by molar-refractivity contribution is 0.112. The van der Waals surface area contributed by atoms with Crippen LogP contribution in [-0.4, -0.2) is 15.8 Å². The molecular weight excluding hydrogens is 272 g/mol. The molecular formula is C16H13ClN2O. The zero-order valence-electron chi connectivity index (χ0n) is 11.0. The van der Waals surface area contributed by atoms with Gasteiger partial charge in [-0.1, -0.05) is 29.8 Å². The van der Waals surface area contributed by atoms with E-state index in [-0.39, 0.29) is 0 Å². The summed E-state index contributed by atoms with van der Waals surface area (Å²) in [6, 6.07) is 13.3. The molecule has 0 spiro atoms. The van der Waals surface area contributed by atoms with Crippen molar-refractivity contribution in [3.05, 3.63) is 64.4 Å². The normalized spacial score (nSPS) is 10.9. The smallest absolute Gasteiger partial charge is 0.150 e. The zero-order chi connectivity index (χ0) is 14.1. The van der Waals surface area contributed by atoms with Gasteiger partial charge >= 0.3 is 0 Å². The second kappa shape index (κ2) is 5.10. The molecule has 3 rings (SSSR count). The van der Waals surface area contributed by atoms with E-state index in [4.69, 9.17) is 11.6 Å². The van der Waals surface area contributed by atoms with Gasteiger partial charge in [0, 0.05) is 10.6 Å². The van der Waals surface area contributed by atoms with Crippen molar-refractivity contribution < 1.29 is 4.79 Å². The van der Waals surface area contributed by atoms with Gasteiger partial charge in [0.15, 0.2) is 0 Å². The van der Waals surface area contributed by atoms with E-state index in [1.54, 1.807) is 6.07 Å². The minimum Gasteiger partial charge on any atom is -0.324 e. The van der Waals surface area contributed by atoms with Crippen molar-refractivity contribution in [2.75, 3.05) is 0 Å². The predicted molar refractivity (Wildman–Crippen MR) is 80.4 cm³/mol. The van der Waals surface area contributed by atoms with E-state index >= 15 is 0 Å². The summed E-state index contributed by atoms with van der Waals surface area (Å²) in [6.07, 6.45) is 0.849. The standard InChI is InChI=1S/C16H13ClN2O/c1-11-18-15-7-6-12(10-20)8-16(15)19(11)9-13-4-2-3-5-14(13)17/h2-8,10H,9H2,1H3. The van der Waals surface area contributed by atoms with Gasteiger partial charge in [-0.2, -0.15) is 0 Å². The molecule has 0 aliphatic heterocycles. The number of rotatable bonds is 3. The third kappa shape index (κ3) is 2.21. The number of fused-ring (bicyclic) bond motifs is 1. The molecule has 0 aliphatic rings. The predicted octanol–water partition coefficient (Wildman–Crippen LogP) is 3.86. The molecule has 0 amide bonds. The van der Waals surface area contributed by atoms with Crippen LogP contribution in [0.5, 0.6) is 0 Å². The Morgan fingerprint density at radius 1 is 1.25 bits per heavy atom. The number of hydrogen-bond acceptors (Lipinski definition) is 2. The maximum Gasteiger partial charge on any atom is 0.150 e. The Morgan fingerprint density at radius 2 is 2.05 bits per heavy atom. The van der Waals surface area contributed by atoms with E-state index in [9.17, 15) is 4.79 Å². The highest BCUT2D eigenvalue weighted by Crippen LogP contribution is 2.22. The van der Waals surface area contributed by atoms with Crippen molar-refractivity contribution in [2.24, 2.45) is 0 Å².